The van der Waals surface area contributed by atoms with Gasteiger partial charge in [-0.1, -0.05) is 73.5 Å². The maximum Gasteiger partial charge on any atom is 0.231 e. The van der Waals surface area contributed by atoms with Crippen molar-refractivity contribution in [1.29, 1.82) is 0 Å². The van der Waals surface area contributed by atoms with Crippen molar-refractivity contribution in [3.05, 3.63) is 84.1 Å². The fourth-order valence-corrected chi connectivity index (χ4v) is 5.62. The highest BCUT2D eigenvalue weighted by atomic mass is 16.4. The van der Waals surface area contributed by atoms with Crippen LogP contribution in [-0.2, 0) is 5.41 Å². The van der Waals surface area contributed by atoms with E-state index in [0.717, 1.165) is 24.8 Å². The lowest BCUT2D eigenvalue weighted by Crippen LogP contribution is -2.35. The third-order valence-electron chi connectivity index (χ3n) is 7.11. The van der Waals surface area contributed by atoms with Crippen molar-refractivity contribution in [2.45, 2.75) is 37.5 Å². The average Bonchev–Trinajstić information content (AvgIpc) is 3.46. The van der Waals surface area contributed by atoms with Crippen LogP contribution in [0, 0.1) is 11.8 Å². The second kappa shape index (κ2) is 8.11. The first kappa shape index (κ1) is 18.6. The van der Waals surface area contributed by atoms with Gasteiger partial charge in [0.05, 0.1) is 5.41 Å². The Labute approximate surface area is 173 Å². The molecular formula is C25H29N3O. The Kier molecular flexibility index (Phi) is 5.19. The van der Waals surface area contributed by atoms with Crippen LogP contribution in [0.1, 0.15) is 49.1 Å². The molecule has 150 valence electrons. The molecule has 0 radical (unpaired) electrons. The summed E-state index contributed by atoms with van der Waals surface area (Å²) in [6.45, 7) is 3.53. The summed E-state index contributed by atoms with van der Waals surface area (Å²) < 4.78 is 5.88. The molecule has 0 bridgehead atoms. The number of likely N-dealkylation sites (tertiary alicyclic amines) is 1. The lowest BCUT2D eigenvalue weighted by atomic mass is 9.71. The number of fused-ring (bicyclic) bond motifs is 1. The van der Waals surface area contributed by atoms with E-state index in [4.69, 9.17) is 4.42 Å². The maximum absolute atomic E-state index is 5.88. The Morgan fingerprint density at radius 2 is 1.45 bits per heavy atom. The van der Waals surface area contributed by atoms with Gasteiger partial charge in [-0.25, -0.2) is 0 Å². The van der Waals surface area contributed by atoms with Gasteiger partial charge in [-0.15, -0.1) is 10.2 Å². The summed E-state index contributed by atoms with van der Waals surface area (Å²) in [6, 6.07) is 21.3. The highest BCUT2D eigenvalue weighted by Gasteiger charge is 2.42. The van der Waals surface area contributed by atoms with Crippen LogP contribution in [0.4, 0.5) is 0 Å². The number of nitrogens with zero attached hydrogens (tertiary/aromatic N) is 3. The highest BCUT2D eigenvalue weighted by molar-refractivity contribution is 5.45. The molecule has 2 aliphatic rings. The number of benzene rings is 2. The zero-order chi connectivity index (χ0) is 19.5. The third kappa shape index (κ3) is 3.51. The smallest absolute Gasteiger partial charge is 0.231 e. The number of rotatable bonds is 6. The SMILES string of the molecule is c1ccc(C(CCN2CC3CCCCC3C2)(c2ccccc2)c2nnco2)cc1. The Morgan fingerprint density at radius 1 is 0.862 bits per heavy atom. The van der Waals surface area contributed by atoms with E-state index in [1.165, 1.54) is 56.3 Å². The average molecular weight is 388 g/mol. The fourth-order valence-electron chi connectivity index (χ4n) is 5.62. The van der Waals surface area contributed by atoms with E-state index in [0.29, 0.717) is 5.89 Å². The van der Waals surface area contributed by atoms with Crippen LogP contribution < -0.4 is 0 Å². The summed E-state index contributed by atoms with van der Waals surface area (Å²) in [5, 5.41) is 8.47. The van der Waals surface area contributed by atoms with Crippen LogP contribution in [0.25, 0.3) is 0 Å². The molecule has 2 aromatic carbocycles. The summed E-state index contributed by atoms with van der Waals surface area (Å²) in [5.41, 5.74) is 2.01. The molecule has 1 saturated heterocycles. The molecule has 1 aliphatic carbocycles. The first-order chi connectivity index (χ1) is 14.4. The van der Waals surface area contributed by atoms with E-state index in [-0.39, 0.29) is 0 Å². The molecule has 5 rings (SSSR count). The van der Waals surface area contributed by atoms with E-state index in [9.17, 15) is 0 Å². The second-order valence-corrected chi connectivity index (χ2v) is 8.70. The molecule has 4 heteroatoms. The molecule has 1 aromatic heterocycles. The molecule has 2 unspecified atom stereocenters. The zero-order valence-corrected chi connectivity index (χ0v) is 16.9. The van der Waals surface area contributed by atoms with Crippen molar-refractivity contribution in [3.63, 3.8) is 0 Å². The number of hydrogen-bond donors (Lipinski definition) is 0. The monoisotopic (exact) mass is 387 g/mol. The van der Waals surface area contributed by atoms with Crippen LogP contribution >= 0.6 is 0 Å². The van der Waals surface area contributed by atoms with Crippen LogP contribution in [0.5, 0.6) is 0 Å². The minimum atomic E-state index is -0.424. The highest BCUT2D eigenvalue weighted by Crippen LogP contribution is 2.42. The Bertz CT molecular complexity index is 841. The summed E-state index contributed by atoms with van der Waals surface area (Å²) in [4.78, 5) is 2.68. The standard InChI is InChI=1S/C25H29N3O/c1-3-11-22(12-4-1)25(24-27-26-19-29-24,23-13-5-2-6-14-23)15-16-28-17-20-9-7-8-10-21(20)18-28/h1-6,11-14,19-21H,7-10,15-18H2. The van der Waals surface area contributed by atoms with E-state index in [2.05, 4.69) is 75.8 Å². The lowest BCUT2D eigenvalue weighted by molar-refractivity contribution is 0.280. The van der Waals surface area contributed by atoms with Gasteiger partial charge in [-0.3, -0.25) is 0 Å². The van der Waals surface area contributed by atoms with Gasteiger partial charge in [-0.05, 0) is 48.8 Å². The van der Waals surface area contributed by atoms with Crippen molar-refractivity contribution in [2.75, 3.05) is 19.6 Å². The summed E-state index contributed by atoms with van der Waals surface area (Å²) >= 11 is 0. The van der Waals surface area contributed by atoms with Crippen LogP contribution in [0.15, 0.2) is 71.5 Å². The van der Waals surface area contributed by atoms with Gasteiger partial charge in [0, 0.05) is 13.1 Å². The first-order valence-corrected chi connectivity index (χ1v) is 11.0. The van der Waals surface area contributed by atoms with E-state index in [1.54, 1.807) is 0 Å². The normalized spacial score (nSPS) is 22.5. The van der Waals surface area contributed by atoms with Gasteiger partial charge in [0.1, 0.15) is 0 Å². The molecule has 2 heterocycles. The molecule has 1 aliphatic heterocycles. The summed E-state index contributed by atoms with van der Waals surface area (Å²) in [5.74, 6) is 2.48. The molecule has 0 amide bonds. The van der Waals surface area contributed by atoms with Gasteiger partial charge in [0.15, 0.2) is 0 Å². The Morgan fingerprint density at radius 3 is 1.97 bits per heavy atom. The van der Waals surface area contributed by atoms with Gasteiger partial charge < -0.3 is 9.32 Å². The van der Waals surface area contributed by atoms with Crippen molar-refractivity contribution >= 4 is 0 Å². The van der Waals surface area contributed by atoms with Crippen molar-refractivity contribution in [3.8, 4) is 0 Å². The molecular weight excluding hydrogens is 358 g/mol. The Balaban J connectivity index is 1.50. The van der Waals surface area contributed by atoms with Crippen molar-refractivity contribution in [2.24, 2.45) is 11.8 Å². The van der Waals surface area contributed by atoms with Crippen LogP contribution in [0.3, 0.4) is 0 Å². The molecule has 2 fully saturated rings. The Hall–Kier alpha value is -2.46. The predicted octanol–water partition coefficient (Wildman–Crippen LogP) is 4.92. The molecule has 29 heavy (non-hydrogen) atoms. The quantitative estimate of drug-likeness (QED) is 0.602. The van der Waals surface area contributed by atoms with Crippen molar-refractivity contribution < 1.29 is 4.42 Å². The summed E-state index contributed by atoms with van der Waals surface area (Å²) in [7, 11) is 0. The largest absolute Gasteiger partial charge is 0.427 e. The van der Waals surface area contributed by atoms with E-state index >= 15 is 0 Å². The molecule has 1 saturated carbocycles. The maximum atomic E-state index is 5.88. The summed E-state index contributed by atoms with van der Waals surface area (Å²) in [6.07, 6.45) is 8.04. The van der Waals surface area contributed by atoms with E-state index in [1.807, 2.05) is 0 Å². The molecule has 0 N–H and O–H groups in total. The van der Waals surface area contributed by atoms with Gasteiger partial charge in [0.2, 0.25) is 12.3 Å². The zero-order valence-electron chi connectivity index (χ0n) is 16.9. The molecule has 2 atom stereocenters. The fraction of sp³-hybridized carbons (Fsp3) is 0.440. The first-order valence-electron chi connectivity index (χ1n) is 11.0. The second-order valence-electron chi connectivity index (χ2n) is 8.70. The number of hydrogen-bond acceptors (Lipinski definition) is 4. The third-order valence-corrected chi connectivity index (χ3v) is 7.11. The molecule has 0 spiro atoms. The van der Waals surface area contributed by atoms with Gasteiger partial charge in [-0.2, -0.15) is 0 Å². The van der Waals surface area contributed by atoms with Gasteiger partial charge in [0.25, 0.3) is 0 Å². The minimum Gasteiger partial charge on any atom is -0.427 e. The van der Waals surface area contributed by atoms with Crippen LogP contribution in [0.2, 0.25) is 0 Å². The minimum absolute atomic E-state index is 0.424. The topological polar surface area (TPSA) is 42.2 Å². The predicted molar refractivity (Wildman–Crippen MR) is 114 cm³/mol. The lowest BCUT2D eigenvalue weighted by Gasteiger charge is -2.33. The molecule has 4 nitrogen and oxygen atoms in total. The van der Waals surface area contributed by atoms with Crippen LogP contribution in [-0.4, -0.2) is 34.7 Å². The number of aromatic nitrogens is 2. The van der Waals surface area contributed by atoms with E-state index < -0.39 is 5.41 Å². The van der Waals surface area contributed by atoms with Gasteiger partial charge >= 0.3 is 0 Å². The van der Waals surface area contributed by atoms with Crippen molar-refractivity contribution in [1.82, 2.24) is 15.1 Å². The molecule has 3 aromatic rings.